The number of nitrogens with zero attached hydrogens (tertiary/aromatic N) is 1. The molecule has 7 rings (SSSR count). The Labute approximate surface area is 208 Å². The van der Waals surface area contributed by atoms with E-state index in [2.05, 4.69) is 89.3 Å². The van der Waals surface area contributed by atoms with Gasteiger partial charge in [-0.05, 0) is 40.3 Å². The summed E-state index contributed by atoms with van der Waals surface area (Å²) in [5.74, 6) is -0.232. The maximum absolute atomic E-state index is 14.7. The molecule has 1 nitrogen and oxygen atoms in total. The van der Waals surface area contributed by atoms with Gasteiger partial charge in [0.05, 0.1) is 16.7 Å². The number of hydrogen-bond acceptors (Lipinski definition) is 0. The highest BCUT2D eigenvalue weighted by atomic mass is 19.1. The molecule has 0 fully saturated rings. The van der Waals surface area contributed by atoms with E-state index in [9.17, 15) is 4.39 Å². The predicted molar refractivity (Wildman–Crippen MR) is 149 cm³/mol. The van der Waals surface area contributed by atoms with E-state index in [-0.39, 0.29) is 5.82 Å². The van der Waals surface area contributed by atoms with Crippen molar-refractivity contribution in [2.45, 2.75) is 0 Å². The van der Waals surface area contributed by atoms with Crippen molar-refractivity contribution in [2.75, 3.05) is 0 Å². The second kappa shape index (κ2) is 8.21. The van der Waals surface area contributed by atoms with Crippen LogP contribution in [0.1, 0.15) is 0 Å². The zero-order valence-corrected chi connectivity index (χ0v) is 19.5. The molecular weight excluding hydrogens is 441 g/mol. The Hall–Kier alpha value is -4.69. The molecule has 0 unspecified atom stereocenters. The first kappa shape index (κ1) is 20.7. The van der Waals surface area contributed by atoms with Gasteiger partial charge in [-0.1, -0.05) is 115 Å². The van der Waals surface area contributed by atoms with E-state index >= 15 is 0 Å². The van der Waals surface area contributed by atoms with Gasteiger partial charge in [-0.25, -0.2) is 4.39 Å². The third-order valence-corrected chi connectivity index (χ3v) is 7.01. The zero-order chi connectivity index (χ0) is 24.1. The molecule has 5 aromatic carbocycles. The second-order valence-corrected chi connectivity index (χ2v) is 9.09. The minimum Gasteiger partial charge on any atom is -0.307 e. The molecule has 36 heavy (non-hydrogen) atoms. The predicted octanol–water partition coefficient (Wildman–Crippen LogP) is 9.39. The monoisotopic (exact) mass is 463 g/mol. The molecule has 0 bridgehead atoms. The summed E-state index contributed by atoms with van der Waals surface area (Å²) >= 11 is 0. The summed E-state index contributed by atoms with van der Waals surface area (Å²) in [6.07, 6.45) is 0. The highest BCUT2D eigenvalue weighted by Gasteiger charge is 2.24. The number of hydrogen-bond donors (Lipinski definition) is 0. The Kier molecular flexibility index (Phi) is 4.71. The Morgan fingerprint density at radius 1 is 0.444 bits per heavy atom. The minimum atomic E-state index is -0.232. The number of pyridine rings is 1. The van der Waals surface area contributed by atoms with Crippen LogP contribution in [0.5, 0.6) is 0 Å². The molecule has 0 aliphatic heterocycles. The molecule has 0 aliphatic carbocycles. The van der Waals surface area contributed by atoms with Crippen molar-refractivity contribution in [3.05, 3.63) is 139 Å². The molecule has 2 aromatic heterocycles. The lowest BCUT2D eigenvalue weighted by Crippen LogP contribution is -1.98. The second-order valence-electron chi connectivity index (χ2n) is 9.09. The first-order valence-electron chi connectivity index (χ1n) is 12.2. The molecule has 0 atom stereocenters. The van der Waals surface area contributed by atoms with Gasteiger partial charge in [0.2, 0.25) is 0 Å². The van der Waals surface area contributed by atoms with Crippen LogP contribution >= 0.6 is 0 Å². The van der Waals surface area contributed by atoms with Crippen LogP contribution in [0.25, 0.3) is 60.7 Å². The lowest BCUT2D eigenvalue weighted by molar-refractivity contribution is 0.629. The Morgan fingerprint density at radius 3 is 1.61 bits per heavy atom. The van der Waals surface area contributed by atoms with Crippen LogP contribution in [0.4, 0.5) is 4.39 Å². The van der Waals surface area contributed by atoms with E-state index in [1.54, 1.807) is 12.1 Å². The lowest BCUT2D eigenvalue weighted by Gasteiger charge is -2.19. The van der Waals surface area contributed by atoms with Gasteiger partial charge in [0.25, 0.3) is 0 Å². The first-order valence-corrected chi connectivity index (χ1v) is 12.2. The topological polar surface area (TPSA) is 4.41 Å². The van der Waals surface area contributed by atoms with Crippen LogP contribution in [0.2, 0.25) is 0 Å². The molecule has 0 radical (unpaired) electrons. The van der Waals surface area contributed by atoms with Gasteiger partial charge in [0.15, 0.2) is 0 Å². The van der Waals surface area contributed by atoms with Gasteiger partial charge in [-0.2, -0.15) is 0 Å². The van der Waals surface area contributed by atoms with Crippen molar-refractivity contribution in [3.63, 3.8) is 0 Å². The molecule has 7 aromatic rings. The summed E-state index contributed by atoms with van der Waals surface area (Å²) in [5, 5.41) is 3.23. The summed E-state index contributed by atoms with van der Waals surface area (Å²) in [6, 6.07) is 45.2. The lowest BCUT2D eigenvalue weighted by atomic mass is 9.92. The number of aromatic nitrogens is 1. The molecule has 2 heterocycles. The summed E-state index contributed by atoms with van der Waals surface area (Å²) < 4.78 is 17.1. The van der Waals surface area contributed by atoms with Crippen LogP contribution < -0.4 is 0 Å². The molecule has 0 amide bonds. The molecule has 0 N–H and O–H groups in total. The highest BCUT2D eigenvalue weighted by molar-refractivity contribution is 6.19. The molecule has 0 spiro atoms. The summed E-state index contributed by atoms with van der Waals surface area (Å²) in [7, 11) is 0. The van der Waals surface area contributed by atoms with Crippen molar-refractivity contribution in [1.29, 1.82) is 0 Å². The van der Waals surface area contributed by atoms with Gasteiger partial charge in [0.1, 0.15) is 5.82 Å². The summed E-state index contributed by atoms with van der Waals surface area (Å²) in [6.45, 7) is 0. The van der Waals surface area contributed by atoms with Crippen LogP contribution in [-0.2, 0) is 0 Å². The van der Waals surface area contributed by atoms with Gasteiger partial charge in [-0.15, -0.1) is 0 Å². The Bertz CT molecular complexity index is 1870. The fourth-order valence-corrected chi connectivity index (χ4v) is 5.56. The highest BCUT2D eigenvalue weighted by Crippen LogP contribution is 2.46. The third kappa shape index (κ3) is 3.08. The van der Waals surface area contributed by atoms with Gasteiger partial charge in [0, 0.05) is 21.9 Å². The molecule has 0 saturated carbocycles. The van der Waals surface area contributed by atoms with E-state index in [0.29, 0.717) is 0 Å². The van der Waals surface area contributed by atoms with Gasteiger partial charge >= 0.3 is 0 Å². The van der Waals surface area contributed by atoms with Crippen molar-refractivity contribution in [3.8, 4) is 33.5 Å². The fourth-order valence-electron chi connectivity index (χ4n) is 5.56. The van der Waals surface area contributed by atoms with E-state index in [1.807, 2.05) is 36.4 Å². The average molecular weight is 464 g/mol. The number of halogens is 1. The van der Waals surface area contributed by atoms with Gasteiger partial charge < -0.3 is 4.40 Å². The molecule has 0 saturated heterocycles. The van der Waals surface area contributed by atoms with E-state index < -0.39 is 0 Å². The zero-order valence-electron chi connectivity index (χ0n) is 19.5. The van der Waals surface area contributed by atoms with E-state index in [0.717, 1.165) is 49.8 Å². The van der Waals surface area contributed by atoms with Crippen molar-refractivity contribution in [1.82, 2.24) is 4.40 Å². The first-order chi connectivity index (χ1) is 17.8. The summed E-state index contributed by atoms with van der Waals surface area (Å²) in [5.41, 5.74) is 8.76. The van der Waals surface area contributed by atoms with Gasteiger partial charge in [-0.3, -0.25) is 0 Å². The van der Waals surface area contributed by atoms with Crippen molar-refractivity contribution in [2.24, 2.45) is 0 Å². The maximum Gasteiger partial charge on any atom is 0.123 e. The summed E-state index contributed by atoms with van der Waals surface area (Å²) in [4.78, 5) is 0. The standard InChI is InChI=1S/C34H22FN/c35-26-20-21-30-29(22-26)32(24-14-6-2-7-15-24)34-28-19-11-10-18-27(28)31(23-12-4-1-5-13-23)33(36(30)34)25-16-8-3-9-17-25/h1-22H. The number of fused-ring (bicyclic) bond motifs is 5. The average Bonchev–Trinajstić information content (AvgIpc) is 3.28. The number of rotatable bonds is 3. The largest absolute Gasteiger partial charge is 0.307 e. The quantitative estimate of drug-likeness (QED) is 0.246. The minimum absolute atomic E-state index is 0.232. The van der Waals surface area contributed by atoms with E-state index in [4.69, 9.17) is 0 Å². The Balaban J connectivity index is 1.82. The van der Waals surface area contributed by atoms with Crippen molar-refractivity contribution >= 4 is 27.2 Å². The Morgan fingerprint density at radius 2 is 0.972 bits per heavy atom. The molecular formula is C34H22FN. The van der Waals surface area contributed by atoms with Crippen molar-refractivity contribution < 1.29 is 4.39 Å². The van der Waals surface area contributed by atoms with Crippen LogP contribution in [0.15, 0.2) is 133 Å². The van der Waals surface area contributed by atoms with E-state index in [1.165, 1.54) is 10.9 Å². The fraction of sp³-hybridized carbons (Fsp3) is 0. The molecule has 2 heteroatoms. The third-order valence-electron chi connectivity index (χ3n) is 7.01. The number of benzene rings is 5. The smallest absolute Gasteiger partial charge is 0.123 e. The molecule has 170 valence electrons. The van der Waals surface area contributed by atoms with Crippen LogP contribution in [-0.4, -0.2) is 4.40 Å². The maximum atomic E-state index is 14.7. The SMILES string of the molecule is Fc1ccc2c(c1)c(-c1ccccc1)c1c3ccccc3c(-c3ccccc3)c(-c3ccccc3)n21. The molecule has 0 aliphatic rings. The van der Waals surface area contributed by atoms with Crippen LogP contribution in [0, 0.1) is 5.82 Å². The van der Waals surface area contributed by atoms with Crippen LogP contribution in [0.3, 0.4) is 0 Å². The normalized spacial score (nSPS) is 11.5.